The highest BCUT2D eigenvalue weighted by Gasteiger charge is 2.11. The maximum Gasteiger partial charge on any atom is 0.191 e. The normalized spacial score (nSPS) is 12.1. The fraction of sp³-hybridized carbons (Fsp3) is 0.350. The van der Waals surface area contributed by atoms with Crippen molar-refractivity contribution < 1.29 is 17.2 Å². The topological polar surface area (TPSA) is 70.6 Å². The lowest BCUT2D eigenvalue weighted by molar-refractivity contribution is 0.600. The molecule has 0 amide bonds. The monoisotopic (exact) mass is 409 g/mol. The van der Waals surface area contributed by atoms with Crippen LogP contribution in [0.25, 0.3) is 0 Å². The second-order valence-corrected chi connectivity index (χ2v) is 8.59. The van der Waals surface area contributed by atoms with Gasteiger partial charge in [0.1, 0.15) is 11.6 Å². The van der Waals surface area contributed by atoms with Gasteiger partial charge in [-0.3, -0.25) is 0 Å². The lowest BCUT2D eigenvalue weighted by atomic mass is 10.1. The molecule has 0 saturated heterocycles. The molecule has 2 aromatic rings. The molecule has 0 aliphatic heterocycles. The Morgan fingerprint density at radius 3 is 2.46 bits per heavy atom. The Bertz CT molecular complexity index is 931. The van der Waals surface area contributed by atoms with Crippen molar-refractivity contribution in [2.45, 2.75) is 25.6 Å². The predicted molar refractivity (Wildman–Crippen MR) is 108 cm³/mol. The van der Waals surface area contributed by atoms with E-state index in [-0.39, 0.29) is 18.1 Å². The Labute approximate surface area is 164 Å². The Balaban J connectivity index is 2.07. The van der Waals surface area contributed by atoms with Crippen LogP contribution in [0.5, 0.6) is 0 Å². The first-order valence-electron chi connectivity index (χ1n) is 8.99. The third-order valence-corrected chi connectivity index (χ3v) is 4.82. The molecule has 8 heteroatoms. The van der Waals surface area contributed by atoms with E-state index in [1.165, 1.54) is 24.3 Å². The van der Waals surface area contributed by atoms with Crippen molar-refractivity contribution in [1.82, 2.24) is 10.6 Å². The maximum absolute atomic E-state index is 13.7. The SMILES string of the molecule is CCNC(=NCc1cc(F)ccc1CS(C)(=O)=O)NCCc1ccccc1F. The van der Waals surface area contributed by atoms with Crippen LogP contribution in [-0.2, 0) is 28.6 Å². The Morgan fingerprint density at radius 1 is 1.04 bits per heavy atom. The summed E-state index contributed by atoms with van der Waals surface area (Å²) in [6.07, 6.45) is 1.62. The Kier molecular flexibility index (Phi) is 7.92. The first kappa shape index (κ1) is 21.8. The Hall–Kier alpha value is -2.48. The quantitative estimate of drug-likeness (QED) is 0.520. The van der Waals surface area contributed by atoms with Gasteiger partial charge in [-0.2, -0.15) is 0 Å². The zero-order valence-corrected chi connectivity index (χ0v) is 16.8. The molecule has 2 aromatic carbocycles. The van der Waals surface area contributed by atoms with E-state index in [0.29, 0.717) is 42.2 Å². The summed E-state index contributed by atoms with van der Waals surface area (Å²) in [4.78, 5) is 4.41. The van der Waals surface area contributed by atoms with Gasteiger partial charge in [0.25, 0.3) is 0 Å². The second kappa shape index (κ2) is 10.2. The van der Waals surface area contributed by atoms with Gasteiger partial charge in [0.05, 0.1) is 12.3 Å². The Morgan fingerprint density at radius 2 is 1.79 bits per heavy atom. The van der Waals surface area contributed by atoms with Gasteiger partial charge in [0.15, 0.2) is 15.8 Å². The van der Waals surface area contributed by atoms with Gasteiger partial charge in [-0.25, -0.2) is 22.2 Å². The number of hydrogen-bond acceptors (Lipinski definition) is 3. The van der Waals surface area contributed by atoms with Gasteiger partial charge < -0.3 is 10.6 Å². The standard InChI is InChI=1S/C20H25F2N3O2S/c1-3-23-20(24-11-10-15-6-4-5-7-19(15)22)25-13-17-12-18(21)9-8-16(17)14-28(2,26)27/h4-9,12H,3,10-11,13-14H2,1-2H3,(H2,23,24,25). The first-order valence-corrected chi connectivity index (χ1v) is 11.0. The van der Waals surface area contributed by atoms with Crippen molar-refractivity contribution in [2.24, 2.45) is 4.99 Å². The molecule has 0 aromatic heterocycles. The van der Waals surface area contributed by atoms with Crippen LogP contribution in [-0.4, -0.2) is 33.7 Å². The van der Waals surface area contributed by atoms with E-state index >= 15 is 0 Å². The van der Waals surface area contributed by atoms with Crippen LogP contribution in [0.1, 0.15) is 23.6 Å². The molecule has 152 valence electrons. The molecule has 0 atom stereocenters. The van der Waals surface area contributed by atoms with Crippen molar-refractivity contribution in [3.8, 4) is 0 Å². The lowest BCUT2D eigenvalue weighted by Crippen LogP contribution is -2.38. The van der Waals surface area contributed by atoms with Crippen LogP contribution in [0.3, 0.4) is 0 Å². The van der Waals surface area contributed by atoms with Gasteiger partial charge in [0.2, 0.25) is 0 Å². The summed E-state index contributed by atoms with van der Waals surface area (Å²) >= 11 is 0. The molecule has 0 bridgehead atoms. The second-order valence-electron chi connectivity index (χ2n) is 6.45. The molecule has 0 radical (unpaired) electrons. The smallest absolute Gasteiger partial charge is 0.191 e. The van der Waals surface area contributed by atoms with Crippen molar-refractivity contribution >= 4 is 15.8 Å². The molecule has 28 heavy (non-hydrogen) atoms. The third-order valence-electron chi connectivity index (χ3n) is 3.98. The van der Waals surface area contributed by atoms with Crippen molar-refractivity contribution in [3.05, 3.63) is 70.8 Å². The summed E-state index contributed by atoms with van der Waals surface area (Å²) in [5.41, 5.74) is 1.64. The number of halogens is 2. The fourth-order valence-electron chi connectivity index (χ4n) is 2.69. The van der Waals surface area contributed by atoms with Gasteiger partial charge in [-0.1, -0.05) is 24.3 Å². The minimum Gasteiger partial charge on any atom is -0.357 e. The molecule has 0 aliphatic rings. The fourth-order valence-corrected chi connectivity index (χ4v) is 3.53. The first-order chi connectivity index (χ1) is 13.3. The number of nitrogens with zero attached hydrogens (tertiary/aromatic N) is 1. The molecule has 2 N–H and O–H groups in total. The zero-order valence-electron chi connectivity index (χ0n) is 16.0. The number of rotatable bonds is 8. The van der Waals surface area contributed by atoms with Crippen molar-refractivity contribution in [2.75, 3.05) is 19.3 Å². The average molecular weight is 410 g/mol. The van der Waals surface area contributed by atoms with Gasteiger partial charge in [-0.05, 0) is 48.2 Å². The number of aliphatic imine (C=N–C) groups is 1. The van der Waals surface area contributed by atoms with Crippen LogP contribution >= 0.6 is 0 Å². The molecule has 0 heterocycles. The molecule has 0 saturated carbocycles. The van der Waals surface area contributed by atoms with E-state index in [0.717, 1.165) is 6.26 Å². The van der Waals surface area contributed by atoms with Crippen LogP contribution in [0.2, 0.25) is 0 Å². The molecule has 0 unspecified atom stereocenters. The number of guanidine groups is 1. The minimum atomic E-state index is -3.25. The maximum atomic E-state index is 13.7. The molecule has 5 nitrogen and oxygen atoms in total. The van der Waals surface area contributed by atoms with E-state index in [4.69, 9.17) is 0 Å². The highest BCUT2D eigenvalue weighted by Crippen LogP contribution is 2.15. The van der Waals surface area contributed by atoms with Crippen LogP contribution in [0, 0.1) is 11.6 Å². The van der Waals surface area contributed by atoms with Crippen LogP contribution in [0.15, 0.2) is 47.5 Å². The molecular formula is C20H25F2N3O2S. The van der Waals surface area contributed by atoms with E-state index in [1.807, 2.05) is 6.92 Å². The number of hydrogen-bond donors (Lipinski definition) is 2. The highest BCUT2D eigenvalue weighted by molar-refractivity contribution is 7.89. The van der Waals surface area contributed by atoms with Gasteiger partial charge in [-0.15, -0.1) is 0 Å². The summed E-state index contributed by atoms with van der Waals surface area (Å²) in [6, 6.07) is 10.6. The number of benzene rings is 2. The summed E-state index contributed by atoms with van der Waals surface area (Å²) in [6.45, 7) is 3.11. The summed E-state index contributed by atoms with van der Waals surface area (Å²) in [7, 11) is -3.25. The van der Waals surface area contributed by atoms with Gasteiger partial charge >= 0.3 is 0 Å². The van der Waals surface area contributed by atoms with E-state index in [2.05, 4.69) is 15.6 Å². The number of nitrogens with one attached hydrogen (secondary N) is 2. The highest BCUT2D eigenvalue weighted by atomic mass is 32.2. The third kappa shape index (κ3) is 7.26. The molecule has 2 rings (SSSR count). The largest absolute Gasteiger partial charge is 0.357 e. The summed E-state index contributed by atoms with van der Waals surface area (Å²) in [5.74, 6) is -0.375. The average Bonchev–Trinajstić information content (AvgIpc) is 2.62. The predicted octanol–water partition coefficient (Wildman–Crippen LogP) is 2.81. The van der Waals surface area contributed by atoms with E-state index < -0.39 is 15.7 Å². The minimum absolute atomic E-state index is 0.123. The lowest BCUT2D eigenvalue weighted by Gasteiger charge is -2.13. The van der Waals surface area contributed by atoms with Crippen LogP contribution in [0.4, 0.5) is 8.78 Å². The molecular weight excluding hydrogens is 384 g/mol. The van der Waals surface area contributed by atoms with Gasteiger partial charge in [0, 0.05) is 19.3 Å². The molecule has 0 aliphatic carbocycles. The summed E-state index contributed by atoms with van der Waals surface area (Å²) < 4.78 is 50.5. The van der Waals surface area contributed by atoms with Crippen molar-refractivity contribution in [3.63, 3.8) is 0 Å². The number of sulfone groups is 1. The zero-order chi connectivity index (χ0) is 20.6. The van der Waals surface area contributed by atoms with E-state index in [1.54, 1.807) is 18.2 Å². The molecule has 0 fully saturated rings. The van der Waals surface area contributed by atoms with Crippen molar-refractivity contribution in [1.29, 1.82) is 0 Å². The van der Waals surface area contributed by atoms with Crippen LogP contribution < -0.4 is 10.6 Å². The molecule has 0 spiro atoms. The summed E-state index contributed by atoms with van der Waals surface area (Å²) in [5, 5.41) is 6.18. The van der Waals surface area contributed by atoms with E-state index in [9.17, 15) is 17.2 Å².